The summed E-state index contributed by atoms with van der Waals surface area (Å²) in [5.41, 5.74) is 0. The lowest BCUT2D eigenvalue weighted by Crippen LogP contribution is -2.51. The number of aldehydes is 1. The first-order chi connectivity index (χ1) is 10.4. The van der Waals surface area contributed by atoms with Gasteiger partial charge in [-0.05, 0) is 32.0 Å². The van der Waals surface area contributed by atoms with Crippen molar-refractivity contribution in [3.63, 3.8) is 0 Å². The van der Waals surface area contributed by atoms with Gasteiger partial charge >= 0.3 is 0 Å². The standard InChI is InChI=1S/C16H30O6Si/c1-15(2,3)23(6,7)22-11(9-18)12-14-13(10(8-17)19-12)20-16(4,5)21-14/h8,10-14,18H,9H2,1-7H3/t10-,11+,12+,13-,14-/m0/s1. The third-order valence-electron chi connectivity index (χ3n) is 5.06. The van der Waals surface area contributed by atoms with Gasteiger partial charge in [-0.3, -0.25) is 0 Å². The van der Waals surface area contributed by atoms with E-state index in [4.69, 9.17) is 18.6 Å². The summed E-state index contributed by atoms with van der Waals surface area (Å²) in [5.74, 6) is -0.768. The molecular weight excluding hydrogens is 316 g/mol. The van der Waals surface area contributed by atoms with Crippen molar-refractivity contribution in [3.05, 3.63) is 0 Å². The molecule has 6 nitrogen and oxygen atoms in total. The molecule has 0 aromatic carbocycles. The summed E-state index contributed by atoms with van der Waals surface area (Å²) in [6, 6.07) is 0. The topological polar surface area (TPSA) is 74.2 Å². The van der Waals surface area contributed by atoms with E-state index in [0.29, 0.717) is 0 Å². The Bertz CT molecular complexity index is 444. The van der Waals surface area contributed by atoms with Crippen LogP contribution in [0.4, 0.5) is 0 Å². The summed E-state index contributed by atoms with van der Waals surface area (Å²) >= 11 is 0. The number of hydrogen-bond donors (Lipinski definition) is 1. The minimum Gasteiger partial charge on any atom is -0.409 e. The highest BCUT2D eigenvalue weighted by Gasteiger charge is 2.58. The van der Waals surface area contributed by atoms with Crippen LogP contribution in [0.1, 0.15) is 34.6 Å². The Balaban J connectivity index is 2.20. The molecule has 0 unspecified atom stereocenters. The van der Waals surface area contributed by atoms with Gasteiger partial charge in [0.1, 0.15) is 24.4 Å². The van der Waals surface area contributed by atoms with Crippen molar-refractivity contribution in [2.45, 2.75) is 89.1 Å². The summed E-state index contributed by atoms with van der Waals surface area (Å²) in [6.45, 7) is 14.1. The predicted octanol–water partition coefficient (Wildman–Crippen LogP) is 1.86. The number of carbonyl (C=O) groups excluding carboxylic acids is 1. The smallest absolute Gasteiger partial charge is 0.192 e. The molecule has 0 aromatic heterocycles. The molecule has 2 heterocycles. The van der Waals surface area contributed by atoms with Gasteiger partial charge in [0.05, 0.1) is 12.7 Å². The van der Waals surface area contributed by atoms with E-state index in [1.54, 1.807) is 0 Å². The van der Waals surface area contributed by atoms with Crippen LogP contribution < -0.4 is 0 Å². The minimum atomic E-state index is -2.09. The molecular formula is C16H30O6Si. The van der Waals surface area contributed by atoms with Gasteiger partial charge < -0.3 is 28.5 Å². The van der Waals surface area contributed by atoms with Crippen LogP contribution in [0.15, 0.2) is 0 Å². The molecule has 0 radical (unpaired) electrons. The molecule has 0 bridgehead atoms. The van der Waals surface area contributed by atoms with E-state index in [0.717, 1.165) is 6.29 Å². The molecule has 0 saturated carbocycles. The number of fused-ring (bicyclic) bond motifs is 1. The Kier molecular flexibility index (Phi) is 5.13. The molecule has 0 amide bonds. The SMILES string of the molecule is CC1(C)O[C@@H]2[C@@H](O1)[C@H](C=O)O[C@@H]2[C@@H](CO)O[Si](C)(C)C(C)(C)C. The lowest BCUT2D eigenvalue weighted by molar-refractivity contribution is -0.196. The van der Waals surface area contributed by atoms with E-state index in [1.807, 2.05) is 13.8 Å². The van der Waals surface area contributed by atoms with E-state index in [9.17, 15) is 9.90 Å². The van der Waals surface area contributed by atoms with Crippen molar-refractivity contribution < 1.29 is 28.5 Å². The van der Waals surface area contributed by atoms with Crippen molar-refractivity contribution in [1.29, 1.82) is 0 Å². The zero-order chi connectivity index (χ0) is 17.6. The summed E-state index contributed by atoms with van der Waals surface area (Å²) in [7, 11) is -2.09. The number of rotatable bonds is 5. The number of aliphatic hydroxyl groups is 1. The van der Waals surface area contributed by atoms with Crippen LogP contribution in [0.2, 0.25) is 18.1 Å². The fourth-order valence-electron chi connectivity index (χ4n) is 2.83. The Hall–Kier alpha value is -0.313. The van der Waals surface area contributed by atoms with Crippen LogP contribution in [0.5, 0.6) is 0 Å². The third kappa shape index (κ3) is 3.70. The number of carbonyl (C=O) groups is 1. The highest BCUT2D eigenvalue weighted by atomic mass is 28.4. The highest BCUT2D eigenvalue weighted by molar-refractivity contribution is 6.74. The molecule has 2 fully saturated rings. The second kappa shape index (κ2) is 6.20. The fraction of sp³-hybridized carbons (Fsp3) is 0.938. The first-order valence-electron chi connectivity index (χ1n) is 8.17. The second-order valence-corrected chi connectivity index (χ2v) is 13.1. The van der Waals surface area contributed by atoms with Gasteiger partial charge in [-0.15, -0.1) is 0 Å². The van der Waals surface area contributed by atoms with Crippen LogP contribution >= 0.6 is 0 Å². The maximum Gasteiger partial charge on any atom is 0.192 e. The number of aliphatic hydroxyl groups excluding tert-OH is 1. The largest absolute Gasteiger partial charge is 0.409 e. The predicted molar refractivity (Wildman–Crippen MR) is 87.7 cm³/mol. The summed E-state index contributed by atoms with van der Waals surface area (Å²) in [5, 5.41) is 9.87. The van der Waals surface area contributed by atoms with Crippen LogP contribution in [-0.4, -0.2) is 62.6 Å². The third-order valence-corrected chi connectivity index (χ3v) is 9.56. The molecule has 0 aromatic rings. The van der Waals surface area contributed by atoms with E-state index in [1.165, 1.54) is 0 Å². The van der Waals surface area contributed by atoms with Crippen molar-refractivity contribution in [2.24, 2.45) is 0 Å². The van der Waals surface area contributed by atoms with Gasteiger partial charge in [0.15, 0.2) is 20.4 Å². The molecule has 0 spiro atoms. The van der Waals surface area contributed by atoms with E-state index in [-0.39, 0.29) is 11.6 Å². The maximum absolute atomic E-state index is 11.3. The summed E-state index contributed by atoms with van der Waals surface area (Å²) < 4.78 is 23.8. The van der Waals surface area contributed by atoms with Gasteiger partial charge in [0.2, 0.25) is 0 Å². The van der Waals surface area contributed by atoms with Gasteiger partial charge in [-0.1, -0.05) is 20.8 Å². The molecule has 23 heavy (non-hydrogen) atoms. The molecule has 134 valence electrons. The van der Waals surface area contributed by atoms with E-state index < -0.39 is 44.6 Å². The van der Waals surface area contributed by atoms with Crippen molar-refractivity contribution in [1.82, 2.24) is 0 Å². The van der Waals surface area contributed by atoms with Gasteiger partial charge in [-0.25, -0.2) is 0 Å². The molecule has 2 rings (SSSR count). The Labute approximate surface area is 139 Å². The first kappa shape index (κ1) is 19.0. The zero-order valence-corrected chi connectivity index (χ0v) is 16.2. The zero-order valence-electron chi connectivity index (χ0n) is 15.2. The molecule has 5 atom stereocenters. The van der Waals surface area contributed by atoms with E-state index >= 15 is 0 Å². The highest BCUT2D eigenvalue weighted by Crippen LogP contribution is 2.42. The summed E-state index contributed by atoms with van der Waals surface area (Å²) in [6.07, 6.45) is -1.87. The van der Waals surface area contributed by atoms with Crippen molar-refractivity contribution in [2.75, 3.05) is 6.61 Å². The minimum absolute atomic E-state index is 0.00872. The van der Waals surface area contributed by atoms with Crippen LogP contribution in [-0.2, 0) is 23.4 Å². The van der Waals surface area contributed by atoms with Gasteiger partial charge in [0, 0.05) is 0 Å². The molecule has 2 saturated heterocycles. The van der Waals surface area contributed by atoms with Crippen molar-refractivity contribution in [3.8, 4) is 0 Å². The molecule has 7 heteroatoms. The molecule has 1 N–H and O–H groups in total. The Morgan fingerprint density at radius 3 is 2.30 bits per heavy atom. The monoisotopic (exact) mass is 346 g/mol. The van der Waals surface area contributed by atoms with Crippen LogP contribution in [0.3, 0.4) is 0 Å². The quantitative estimate of drug-likeness (QED) is 0.605. The van der Waals surface area contributed by atoms with Crippen LogP contribution in [0, 0.1) is 0 Å². The normalized spacial score (nSPS) is 35.1. The fourth-order valence-corrected chi connectivity index (χ4v) is 4.15. The average molecular weight is 346 g/mol. The Morgan fingerprint density at radius 1 is 1.26 bits per heavy atom. The second-order valence-electron chi connectivity index (χ2n) is 8.37. The maximum atomic E-state index is 11.3. The summed E-state index contributed by atoms with van der Waals surface area (Å²) in [4.78, 5) is 11.3. The van der Waals surface area contributed by atoms with Crippen LogP contribution in [0.25, 0.3) is 0 Å². The van der Waals surface area contributed by atoms with E-state index in [2.05, 4.69) is 33.9 Å². The average Bonchev–Trinajstić information content (AvgIpc) is 2.87. The molecule has 0 aliphatic carbocycles. The van der Waals surface area contributed by atoms with Gasteiger partial charge in [0.25, 0.3) is 0 Å². The molecule has 2 aliphatic rings. The van der Waals surface area contributed by atoms with Crippen molar-refractivity contribution >= 4 is 14.6 Å². The first-order valence-corrected chi connectivity index (χ1v) is 11.1. The lowest BCUT2D eigenvalue weighted by atomic mass is 10.0. The van der Waals surface area contributed by atoms with Gasteiger partial charge in [-0.2, -0.15) is 0 Å². The lowest BCUT2D eigenvalue weighted by Gasteiger charge is -2.40. The molecule has 2 aliphatic heterocycles. The number of ether oxygens (including phenoxy) is 3. The Morgan fingerprint density at radius 2 is 1.83 bits per heavy atom. The number of hydrogen-bond acceptors (Lipinski definition) is 6.